The summed E-state index contributed by atoms with van der Waals surface area (Å²) in [7, 11) is 0. The Bertz CT molecular complexity index is 892. The number of carbonyl (C=O) groups excluding carboxylic acids is 1. The van der Waals surface area contributed by atoms with E-state index in [-0.39, 0.29) is 6.03 Å². The maximum absolute atomic E-state index is 12.1. The van der Waals surface area contributed by atoms with Crippen LogP contribution < -0.4 is 10.6 Å². The van der Waals surface area contributed by atoms with E-state index in [0.717, 1.165) is 28.4 Å². The van der Waals surface area contributed by atoms with Gasteiger partial charge in [0.25, 0.3) is 0 Å². The molecule has 1 heterocycles. The van der Waals surface area contributed by atoms with Gasteiger partial charge in [0, 0.05) is 28.6 Å². The zero-order chi connectivity index (χ0) is 19.1. The molecule has 140 valence electrons. The highest BCUT2D eigenvalue weighted by atomic mass is 32.2. The minimum absolute atomic E-state index is 0.188. The molecule has 0 aliphatic heterocycles. The van der Waals surface area contributed by atoms with Crippen LogP contribution in [-0.2, 0) is 6.54 Å². The molecule has 0 spiro atoms. The summed E-state index contributed by atoms with van der Waals surface area (Å²) in [6.07, 6.45) is 0. The van der Waals surface area contributed by atoms with E-state index < -0.39 is 0 Å². The summed E-state index contributed by atoms with van der Waals surface area (Å²) < 4.78 is 1.97. The maximum Gasteiger partial charge on any atom is 0.319 e. The minimum atomic E-state index is -0.188. The summed E-state index contributed by atoms with van der Waals surface area (Å²) in [5.41, 5.74) is 4.01. The number of anilines is 1. The Kier molecular flexibility index (Phi) is 6.54. The molecule has 2 N–H and O–H groups in total. The molecule has 6 heteroatoms. The SMILES string of the molecule is Cc1cc(C)n(Cc2cccc(NC(=O)NCCSc3ccccc3)c2)n1. The Morgan fingerprint density at radius 3 is 2.63 bits per heavy atom. The second kappa shape index (κ2) is 9.28. The molecule has 2 amide bonds. The van der Waals surface area contributed by atoms with E-state index in [1.807, 2.05) is 61.0 Å². The van der Waals surface area contributed by atoms with Gasteiger partial charge in [0.1, 0.15) is 0 Å². The van der Waals surface area contributed by atoms with Crippen LogP contribution in [0.2, 0.25) is 0 Å². The zero-order valence-corrected chi connectivity index (χ0v) is 16.4. The number of rotatable bonds is 7. The Morgan fingerprint density at radius 1 is 1.07 bits per heavy atom. The number of hydrogen-bond donors (Lipinski definition) is 2. The van der Waals surface area contributed by atoms with E-state index in [4.69, 9.17) is 0 Å². The summed E-state index contributed by atoms with van der Waals surface area (Å²) in [5.74, 6) is 0.829. The molecule has 0 bridgehead atoms. The summed E-state index contributed by atoms with van der Waals surface area (Å²) >= 11 is 1.72. The molecule has 27 heavy (non-hydrogen) atoms. The minimum Gasteiger partial charge on any atom is -0.337 e. The topological polar surface area (TPSA) is 59.0 Å². The number of carbonyl (C=O) groups is 1. The normalized spacial score (nSPS) is 10.6. The zero-order valence-electron chi connectivity index (χ0n) is 15.6. The molecule has 0 unspecified atom stereocenters. The van der Waals surface area contributed by atoms with E-state index in [9.17, 15) is 4.79 Å². The number of hydrogen-bond acceptors (Lipinski definition) is 3. The van der Waals surface area contributed by atoms with Gasteiger partial charge in [0.15, 0.2) is 0 Å². The van der Waals surface area contributed by atoms with Crippen LogP contribution in [0.25, 0.3) is 0 Å². The molecule has 0 atom stereocenters. The van der Waals surface area contributed by atoms with Crippen molar-refractivity contribution in [2.75, 3.05) is 17.6 Å². The maximum atomic E-state index is 12.1. The molecule has 0 saturated heterocycles. The Morgan fingerprint density at radius 2 is 1.89 bits per heavy atom. The summed E-state index contributed by atoms with van der Waals surface area (Å²) in [4.78, 5) is 13.3. The number of nitrogens with one attached hydrogen (secondary N) is 2. The van der Waals surface area contributed by atoms with Crippen LogP contribution in [-0.4, -0.2) is 28.1 Å². The Balaban J connectivity index is 1.47. The van der Waals surface area contributed by atoms with Crippen LogP contribution in [0, 0.1) is 13.8 Å². The first kappa shape index (κ1) is 19.0. The third-order valence-corrected chi connectivity index (χ3v) is 5.03. The van der Waals surface area contributed by atoms with Crippen molar-refractivity contribution in [3.63, 3.8) is 0 Å². The van der Waals surface area contributed by atoms with Gasteiger partial charge in [-0.1, -0.05) is 30.3 Å². The van der Waals surface area contributed by atoms with E-state index in [1.54, 1.807) is 11.8 Å². The molecule has 0 saturated carbocycles. The molecule has 0 aliphatic rings. The van der Waals surface area contributed by atoms with Crippen molar-refractivity contribution >= 4 is 23.5 Å². The molecular weight excluding hydrogens is 356 g/mol. The fourth-order valence-corrected chi connectivity index (χ4v) is 3.57. The van der Waals surface area contributed by atoms with Crippen LogP contribution >= 0.6 is 11.8 Å². The van der Waals surface area contributed by atoms with Crippen molar-refractivity contribution in [2.45, 2.75) is 25.3 Å². The third-order valence-electron chi connectivity index (χ3n) is 4.02. The highest BCUT2D eigenvalue weighted by Gasteiger charge is 2.05. The summed E-state index contributed by atoms with van der Waals surface area (Å²) in [6.45, 7) is 5.33. The second-order valence-electron chi connectivity index (χ2n) is 6.33. The van der Waals surface area contributed by atoms with Gasteiger partial charge >= 0.3 is 6.03 Å². The van der Waals surface area contributed by atoms with Crippen LogP contribution in [0.5, 0.6) is 0 Å². The van der Waals surface area contributed by atoms with Crippen LogP contribution in [0.4, 0.5) is 10.5 Å². The van der Waals surface area contributed by atoms with Gasteiger partial charge in [-0.05, 0) is 49.7 Å². The fraction of sp³-hybridized carbons (Fsp3) is 0.238. The quantitative estimate of drug-likeness (QED) is 0.470. The standard InChI is InChI=1S/C21H24N4OS/c1-16-13-17(2)25(24-16)15-18-7-6-8-19(14-18)23-21(26)22-11-12-27-20-9-4-3-5-10-20/h3-10,13-14H,11-12,15H2,1-2H3,(H2,22,23,26). The predicted octanol–water partition coefficient (Wildman–Crippen LogP) is 4.46. The van der Waals surface area contributed by atoms with Gasteiger partial charge in [-0.3, -0.25) is 4.68 Å². The van der Waals surface area contributed by atoms with Crippen molar-refractivity contribution in [3.8, 4) is 0 Å². The highest BCUT2D eigenvalue weighted by molar-refractivity contribution is 7.99. The van der Waals surface area contributed by atoms with Gasteiger partial charge in [-0.25, -0.2) is 4.79 Å². The van der Waals surface area contributed by atoms with Crippen molar-refractivity contribution < 1.29 is 4.79 Å². The fourth-order valence-electron chi connectivity index (χ4n) is 2.78. The molecule has 3 rings (SSSR count). The van der Waals surface area contributed by atoms with E-state index >= 15 is 0 Å². The molecule has 2 aromatic carbocycles. The lowest BCUT2D eigenvalue weighted by atomic mass is 10.2. The van der Waals surface area contributed by atoms with Crippen molar-refractivity contribution in [2.24, 2.45) is 0 Å². The third kappa shape index (κ3) is 5.89. The number of aromatic nitrogens is 2. The van der Waals surface area contributed by atoms with Crippen LogP contribution in [0.3, 0.4) is 0 Å². The highest BCUT2D eigenvalue weighted by Crippen LogP contribution is 2.16. The Hall–Kier alpha value is -2.73. The number of urea groups is 1. The van der Waals surface area contributed by atoms with Crippen molar-refractivity contribution in [1.82, 2.24) is 15.1 Å². The first-order valence-electron chi connectivity index (χ1n) is 8.93. The van der Waals surface area contributed by atoms with Gasteiger partial charge < -0.3 is 10.6 Å². The van der Waals surface area contributed by atoms with Crippen molar-refractivity contribution in [1.29, 1.82) is 0 Å². The number of benzene rings is 2. The number of thioether (sulfide) groups is 1. The van der Waals surface area contributed by atoms with Crippen LogP contribution in [0.15, 0.2) is 65.6 Å². The lowest BCUT2D eigenvalue weighted by Gasteiger charge is -2.10. The van der Waals surface area contributed by atoms with Gasteiger partial charge in [-0.15, -0.1) is 11.8 Å². The number of aryl methyl sites for hydroxylation is 2. The van der Waals surface area contributed by atoms with Gasteiger partial charge in [-0.2, -0.15) is 5.10 Å². The lowest BCUT2D eigenvalue weighted by Crippen LogP contribution is -2.30. The number of nitrogens with zero attached hydrogens (tertiary/aromatic N) is 2. The smallest absolute Gasteiger partial charge is 0.319 e. The van der Waals surface area contributed by atoms with E-state index in [2.05, 4.69) is 33.9 Å². The molecule has 0 radical (unpaired) electrons. The molecule has 5 nitrogen and oxygen atoms in total. The predicted molar refractivity (Wildman–Crippen MR) is 111 cm³/mol. The van der Waals surface area contributed by atoms with Crippen LogP contribution in [0.1, 0.15) is 17.0 Å². The Labute approximate surface area is 164 Å². The monoisotopic (exact) mass is 380 g/mol. The summed E-state index contributed by atoms with van der Waals surface area (Å²) in [6, 6.07) is 19.9. The largest absolute Gasteiger partial charge is 0.337 e. The average Bonchev–Trinajstić information content (AvgIpc) is 2.97. The first-order valence-corrected chi connectivity index (χ1v) is 9.91. The van der Waals surface area contributed by atoms with E-state index in [1.165, 1.54) is 4.90 Å². The number of amides is 2. The molecule has 0 aliphatic carbocycles. The second-order valence-corrected chi connectivity index (χ2v) is 7.50. The molecule has 1 aromatic heterocycles. The lowest BCUT2D eigenvalue weighted by molar-refractivity contribution is 0.252. The average molecular weight is 381 g/mol. The molecule has 3 aromatic rings. The molecule has 0 fully saturated rings. The van der Waals surface area contributed by atoms with E-state index in [0.29, 0.717) is 13.1 Å². The summed E-state index contributed by atoms with van der Waals surface area (Å²) in [5, 5.41) is 10.3. The van der Waals surface area contributed by atoms with Gasteiger partial charge in [0.2, 0.25) is 0 Å². The first-order chi connectivity index (χ1) is 13.1. The molecular formula is C21H24N4OS. The van der Waals surface area contributed by atoms with Crippen molar-refractivity contribution in [3.05, 3.63) is 77.6 Å². The van der Waals surface area contributed by atoms with Gasteiger partial charge in [0.05, 0.1) is 12.2 Å².